The Hall–Kier alpha value is -1.42. The van der Waals surface area contributed by atoms with Crippen molar-refractivity contribution in [1.29, 1.82) is 0 Å². The molecule has 1 fully saturated rings. The number of nitrogens with one attached hydrogen (secondary N) is 2. The largest absolute Gasteiger partial charge is 0.386 e. The summed E-state index contributed by atoms with van der Waals surface area (Å²) in [6, 6.07) is 1.29. The molecule has 21 heavy (non-hydrogen) atoms. The van der Waals surface area contributed by atoms with E-state index in [0.717, 1.165) is 0 Å². The van der Waals surface area contributed by atoms with Crippen LogP contribution >= 0.6 is 0 Å². The molecule has 2 rings (SSSR count). The van der Waals surface area contributed by atoms with Crippen molar-refractivity contribution in [3.05, 3.63) is 18.0 Å². The van der Waals surface area contributed by atoms with Crippen molar-refractivity contribution in [3.63, 3.8) is 0 Å². The summed E-state index contributed by atoms with van der Waals surface area (Å²) in [5, 5.41) is 12.7. The van der Waals surface area contributed by atoms with Crippen LogP contribution in [0.5, 0.6) is 0 Å². The first-order chi connectivity index (χ1) is 9.77. The molecule has 0 aliphatic carbocycles. The average Bonchev–Trinajstić information content (AvgIpc) is 3.03. The van der Waals surface area contributed by atoms with E-state index in [-0.39, 0.29) is 23.7 Å². The second kappa shape index (κ2) is 5.76. The van der Waals surface area contributed by atoms with Crippen LogP contribution in [0.3, 0.4) is 0 Å². The topological polar surface area (TPSA) is 110 Å². The summed E-state index contributed by atoms with van der Waals surface area (Å²) in [6.45, 7) is 0.700. The highest BCUT2D eigenvalue weighted by molar-refractivity contribution is 7.89. The van der Waals surface area contributed by atoms with Crippen LogP contribution in [0, 0.1) is 0 Å². The van der Waals surface area contributed by atoms with Crippen LogP contribution in [-0.4, -0.2) is 56.4 Å². The molecule has 1 aliphatic rings. The third-order valence-electron chi connectivity index (χ3n) is 3.45. The molecule has 0 saturated carbocycles. The van der Waals surface area contributed by atoms with Crippen molar-refractivity contribution in [2.45, 2.75) is 16.9 Å². The van der Waals surface area contributed by atoms with Gasteiger partial charge >= 0.3 is 0 Å². The molecule has 0 aromatic carbocycles. The highest BCUT2D eigenvalue weighted by Crippen LogP contribution is 2.18. The number of hydrogen-bond donors (Lipinski definition) is 3. The van der Waals surface area contributed by atoms with Crippen molar-refractivity contribution >= 4 is 15.9 Å². The minimum Gasteiger partial charge on any atom is -0.386 e. The predicted molar refractivity (Wildman–Crippen MR) is 74.4 cm³/mol. The number of aromatic nitrogens is 1. The molecule has 3 N–H and O–H groups in total. The molecule has 2 heterocycles. The van der Waals surface area contributed by atoms with E-state index < -0.39 is 21.5 Å². The van der Waals surface area contributed by atoms with E-state index >= 15 is 0 Å². The molecule has 0 radical (unpaired) electrons. The van der Waals surface area contributed by atoms with Gasteiger partial charge < -0.3 is 19.7 Å². The van der Waals surface area contributed by atoms with Gasteiger partial charge in [0.15, 0.2) is 0 Å². The third kappa shape index (κ3) is 3.43. The molecule has 8 nitrogen and oxygen atoms in total. The zero-order chi connectivity index (χ0) is 15.7. The van der Waals surface area contributed by atoms with Crippen LogP contribution in [0.25, 0.3) is 0 Å². The fourth-order valence-corrected chi connectivity index (χ4v) is 2.90. The molecule has 9 heteroatoms. The maximum atomic E-state index is 12.1. The molecular weight excluding hydrogens is 298 g/mol. The quantitative estimate of drug-likeness (QED) is 0.633. The fraction of sp³-hybridized carbons (Fsp3) is 0.583. The molecule has 1 aromatic rings. The van der Waals surface area contributed by atoms with Gasteiger partial charge in [0.05, 0.1) is 6.61 Å². The van der Waals surface area contributed by atoms with Gasteiger partial charge in [-0.2, -0.15) is 0 Å². The standard InChI is InChI=1S/C12H19N3O5S/c1-13-21(18,19)9-5-10(15(2)6-9)11(16)14-7-12(17)3-4-20-8-12/h5-6,13,17H,3-4,7-8H2,1-2H3,(H,14,16). The molecule has 1 unspecified atom stereocenters. The van der Waals surface area contributed by atoms with Crippen molar-refractivity contribution in [2.24, 2.45) is 7.05 Å². The minimum atomic E-state index is -3.60. The lowest BCUT2D eigenvalue weighted by atomic mass is 10.0. The van der Waals surface area contributed by atoms with E-state index in [2.05, 4.69) is 10.0 Å². The zero-order valence-electron chi connectivity index (χ0n) is 11.9. The predicted octanol–water partition coefficient (Wildman–Crippen LogP) is -1.19. The number of amides is 1. The van der Waals surface area contributed by atoms with Gasteiger partial charge in [0.25, 0.3) is 5.91 Å². The maximum absolute atomic E-state index is 12.1. The number of carbonyl (C=O) groups excluding carboxylic acids is 1. The van der Waals surface area contributed by atoms with Gasteiger partial charge in [-0.05, 0) is 13.1 Å². The van der Waals surface area contributed by atoms with Gasteiger partial charge in [-0.15, -0.1) is 0 Å². The molecule has 0 spiro atoms. The number of nitrogens with zero attached hydrogens (tertiary/aromatic N) is 1. The molecule has 1 amide bonds. The Labute approximate surface area is 123 Å². The Kier molecular flexibility index (Phi) is 4.38. The average molecular weight is 317 g/mol. The molecule has 118 valence electrons. The number of hydrogen-bond acceptors (Lipinski definition) is 5. The highest BCUT2D eigenvalue weighted by atomic mass is 32.2. The summed E-state index contributed by atoms with van der Waals surface area (Å²) >= 11 is 0. The SMILES string of the molecule is CNS(=O)(=O)c1cc(C(=O)NCC2(O)CCOC2)n(C)c1. The molecule has 1 aromatic heterocycles. The zero-order valence-corrected chi connectivity index (χ0v) is 12.7. The van der Waals surface area contributed by atoms with Crippen molar-refractivity contribution in [1.82, 2.24) is 14.6 Å². The highest BCUT2D eigenvalue weighted by Gasteiger charge is 2.33. The van der Waals surface area contributed by atoms with Gasteiger partial charge in [-0.3, -0.25) is 4.79 Å². The summed E-state index contributed by atoms with van der Waals surface area (Å²) in [5.74, 6) is -0.449. The molecule has 1 saturated heterocycles. The second-order valence-electron chi connectivity index (χ2n) is 5.09. The number of ether oxygens (including phenoxy) is 1. The van der Waals surface area contributed by atoms with Crippen molar-refractivity contribution in [2.75, 3.05) is 26.8 Å². The summed E-state index contributed by atoms with van der Waals surface area (Å²) in [6.07, 6.45) is 1.81. The van der Waals surface area contributed by atoms with E-state index in [1.54, 1.807) is 7.05 Å². The van der Waals surface area contributed by atoms with Crippen molar-refractivity contribution in [3.8, 4) is 0 Å². The van der Waals surface area contributed by atoms with Gasteiger partial charge in [0.2, 0.25) is 10.0 Å². The summed E-state index contributed by atoms with van der Waals surface area (Å²) in [5.41, 5.74) is -0.855. The first-order valence-corrected chi connectivity index (χ1v) is 7.94. The maximum Gasteiger partial charge on any atom is 0.268 e. The monoisotopic (exact) mass is 317 g/mol. The first kappa shape index (κ1) is 16.0. The number of aryl methyl sites for hydroxylation is 1. The Morgan fingerprint density at radius 2 is 2.29 bits per heavy atom. The van der Waals surface area contributed by atoms with Crippen LogP contribution in [0.4, 0.5) is 0 Å². The van der Waals surface area contributed by atoms with Crippen LogP contribution in [0.1, 0.15) is 16.9 Å². The first-order valence-electron chi connectivity index (χ1n) is 6.46. The second-order valence-corrected chi connectivity index (χ2v) is 6.98. The van der Waals surface area contributed by atoms with Crippen LogP contribution in [0.2, 0.25) is 0 Å². The van der Waals surface area contributed by atoms with Crippen LogP contribution in [-0.2, 0) is 21.8 Å². The summed E-state index contributed by atoms with van der Waals surface area (Å²) < 4.78 is 32.1. The van der Waals surface area contributed by atoms with Crippen LogP contribution < -0.4 is 10.0 Å². The van der Waals surface area contributed by atoms with Gasteiger partial charge in [0, 0.05) is 32.8 Å². The summed E-state index contributed by atoms with van der Waals surface area (Å²) in [4.78, 5) is 12.1. The summed E-state index contributed by atoms with van der Waals surface area (Å²) in [7, 11) is -0.713. The number of rotatable bonds is 5. The molecule has 0 bridgehead atoms. The minimum absolute atomic E-state index is 0.0144. The van der Waals surface area contributed by atoms with Crippen molar-refractivity contribution < 1.29 is 23.1 Å². The molecular formula is C12H19N3O5S. The lowest BCUT2D eigenvalue weighted by Crippen LogP contribution is -2.43. The number of carbonyl (C=O) groups is 1. The Bertz CT molecular complexity index is 631. The molecule has 1 atom stereocenters. The Morgan fingerprint density at radius 1 is 1.57 bits per heavy atom. The van der Waals surface area contributed by atoms with Crippen LogP contribution in [0.15, 0.2) is 17.2 Å². The Morgan fingerprint density at radius 3 is 2.86 bits per heavy atom. The van der Waals surface area contributed by atoms with E-state index in [0.29, 0.717) is 13.0 Å². The lowest BCUT2D eigenvalue weighted by Gasteiger charge is -2.20. The van der Waals surface area contributed by atoms with Gasteiger partial charge in [-0.1, -0.05) is 0 Å². The van der Waals surface area contributed by atoms with E-state index in [1.165, 1.54) is 23.9 Å². The van der Waals surface area contributed by atoms with Gasteiger partial charge in [-0.25, -0.2) is 13.1 Å². The third-order valence-corrected chi connectivity index (χ3v) is 4.83. The molecule has 1 aliphatic heterocycles. The normalized spacial score (nSPS) is 22.4. The smallest absolute Gasteiger partial charge is 0.268 e. The van der Waals surface area contributed by atoms with E-state index in [4.69, 9.17) is 4.74 Å². The lowest BCUT2D eigenvalue weighted by molar-refractivity contribution is 0.0263. The van der Waals surface area contributed by atoms with E-state index in [1.807, 2.05) is 0 Å². The van der Waals surface area contributed by atoms with E-state index in [9.17, 15) is 18.3 Å². The Balaban J connectivity index is 2.09. The number of aliphatic hydroxyl groups is 1. The fourth-order valence-electron chi connectivity index (χ4n) is 2.10. The number of sulfonamides is 1. The van der Waals surface area contributed by atoms with Gasteiger partial charge in [0.1, 0.15) is 16.2 Å².